The molecule has 0 unspecified atom stereocenters. The van der Waals surface area contributed by atoms with Gasteiger partial charge in [0.05, 0.1) is 17.0 Å². The third-order valence-corrected chi connectivity index (χ3v) is 7.08. The Kier molecular flexibility index (Phi) is 6.74. The number of nitrogens with zero attached hydrogens (tertiary/aromatic N) is 4. The number of amides is 1. The van der Waals surface area contributed by atoms with E-state index in [0.29, 0.717) is 30.6 Å². The van der Waals surface area contributed by atoms with E-state index in [-0.39, 0.29) is 10.9 Å². The predicted molar refractivity (Wildman–Crippen MR) is 128 cm³/mol. The first kappa shape index (κ1) is 22.6. The van der Waals surface area contributed by atoms with E-state index in [1.165, 1.54) is 18.5 Å². The minimum Gasteiger partial charge on any atom is -0.340 e. The molecule has 4 rings (SSSR count). The van der Waals surface area contributed by atoms with E-state index in [1.807, 2.05) is 18.0 Å². The van der Waals surface area contributed by atoms with Gasteiger partial charge in [0.2, 0.25) is 5.91 Å². The van der Waals surface area contributed by atoms with Gasteiger partial charge in [0.15, 0.2) is 0 Å². The molecule has 0 fully saturated rings. The van der Waals surface area contributed by atoms with Gasteiger partial charge in [-0.15, -0.1) is 11.3 Å². The number of rotatable bonds is 6. The second-order valence-electron chi connectivity index (χ2n) is 8.11. The summed E-state index contributed by atoms with van der Waals surface area (Å²) in [6.07, 6.45) is 5.83. The number of carbonyl (C=O) groups is 1. The van der Waals surface area contributed by atoms with Crippen LogP contribution in [0.25, 0.3) is 10.2 Å². The Balaban J connectivity index is 1.53. The number of carbonyl (C=O) groups excluding carboxylic acids is 1. The quantitative estimate of drug-likeness (QED) is 0.510. The summed E-state index contributed by atoms with van der Waals surface area (Å²) in [5.74, 6) is 0.217. The van der Waals surface area contributed by atoms with Crippen LogP contribution in [-0.2, 0) is 17.8 Å². The molecule has 1 aliphatic rings. The fourth-order valence-electron chi connectivity index (χ4n) is 3.56. The van der Waals surface area contributed by atoms with Crippen molar-refractivity contribution in [3.05, 3.63) is 58.0 Å². The zero-order valence-corrected chi connectivity index (χ0v) is 19.8. The maximum Gasteiger partial charge on any atom is 0.246 e. The minimum atomic E-state index is -0.465. The monoisotopic (exact) mass is 473 g/mol. The number of benzene rings is 1. The highest BCUT2D eigenvalue weighted by Gasteiger charge is 2.25. The molecule has 0 bridgehead atoms. The molecule has 1 aromatic carbocycles. The molecule has 0 saturated carbocycles. The molecular weight excluding hydrogens is 449 g/mol. The summed E-state index contributed by atoms with van der Waals surface area (Å²) < 4.78 is 13.5. The lowest BCUT2D eigenvalue weighted by atomic mass is 10.0. The fraction of sp³-hybridized carbons (Fsp3) is 0.348. The van der Waals surface area contributed by atoms with Gasteiger partial charge in [0.25, 0.3) is 0 Å². The molecule has 0 saturated heterocycles. The van der Waals surface area contributed by atoms with Gasteiger partial charge in [-0.2, -0.15) is 0 Å². The van der Waals surface area contributed by atoms with Crippen molar-refractivity contribution in [3.8, 4) is 0 Å². The summed E-state index contributed by atoms with van der Waals surface area (Å²) in [5.41, 5.74) is 1.81. The molecule has 168 valence electrons. The molecule has 9 heteroatoms. The van der Waals surface area contributed by atoms with Crippen LogP contribution in [0, 0.1) is 5.82 Å². The van der Waals surface area contributed by atoms with Crippen LogP contribution < -0.4 is 5.32 Å². The van der Waals surface area contributed by atoms with Crippen molar-refractivity contribution in [1.82, 2.24) is 19.8 Å². The lowest BCUT2D eigenvalue weighted by molar-refractivity contribution is -0.126. The number of likely N-dealkylation sites (N-methyl/N-ethyl adjacent to an activating group) is 1. The minimum absolute atomic E-state index is 0.0237. The van der Waals surface area contributed by atoms with Crippen molar-refractivity contribution in [2.45, 2.75) is 32.9 Å². The molecule has 0 radical (unpaired) electrons. The van der Waals surface area contributed by atoms with Crippen LogP contribution >= 0.6 is 22.9 Å². The smallest absolute Gasteiger partial charge is 0.246 e. The second-order valence-corrected chi connectivity index (χ2v) is 9.60. The summed E-state index contributed by atoms with van der Waals surface area (Å²) in [5, 5.41) is 4.24. The molecule has 0 aliphatic carbocycles. The van der Waals surface area contributed by atoms with Gasteiger partial charge in [-0.25, -0.2) is 14.4 Å². The molecule has 32 heavy (non-hydrogen) atoms. The van der Waals surface area contributed by atoms with Crippen LogP contribution in [0.3, 0.4) is 0 Å². The van der Waals surface area contributed by atoms with Crippen molar-refractivity contribution in [2.24, 2.45) is 0 Å². The Labute approximate surface area is 195 Å². The highest BCUT2D eigenvalue weighted by Crippen LogP contribution is 2.38. The van der Waals surface area contributed by atoms with Crippen LogP contribution in [-0.4, -0.2) is 51.9 Å². The summed E-state index contributed by atoms with van der Waals surface area (Å²) in [6, 6.07) is 4.91. The Morgan fingerprint density at radius 2 is 2.22 bits per heavy atom. The molecule has 1 aliphatic heterocycles. The average Bonchev–Trinajstić information content (AvgIpc) is 3.14. The molecule has 3 aromatic rings. The van der Waals surface area contributed by atoms with E-state index < -0.39 is 5.82 Å². The summed E-state index contributed by atoms with van der Waals surface area (Å²) in [4.78, 5) is 27.5. The van der Waals surface area contributed by atoms with Gasteiger partial charge >= 0.3 is 0 Å². The van der Waals surface area contributed by atoms with E-state index in [1.54, 1.807) is 23.5 Å². The van der Waals surface area contributed by atoms with Crippen LogP contribution in [0.15, 0.2) is 36.7 Å². The third kappa shape index (κ3) is 4.77. The van der Waals surface area contributed by atoms with E-state index in [9.17, 15) is 9.18 Å². The van der Waals surface area contributed by atoms with Gasteiger partial charge in [0.1, 0.15) is 22.8 Å². The van der Waals surface area contributed by atoms with E-state index in [2.05, 4.69) is 34.0 Å². The number of hydrogen-bond donors (Lipinski definition) is 1. The van der Waals surface area contributed by atoms with Crippen LogP contribution in [0.1, 0.15) is 24.3 Å². The molecule has 6 nitrogen and oxygen atoms in total. The lowest BCUT2D eigenvalue weighted by Crippen LogP contribution is -2.34. The molecular formula is C23H25ClFN5OS. The number of thiophene rings is 1. The number of aromatic nitrogens is 2. The van der Waals surface area contributed by atoms with Crippen LogP contribution in [0.4, 0.5) is 15.9 Å². The standard InChI is InChI=1S/C23H25ClFN5OS/c1-14(2)29(3)9-4-5-20(31)30-10-8-16-19(12-30)32-23-21(16)22(26-13-27-23)28-15-6-7-18(25)17(24)11-15/h4-7,11,13-14H,8-10,12H2,1-3H3,(H,26,27,28). The Hall–Kier alpha value is -2.55. The fourth-order valence-corrected chi connectivity index (χ4v) is 4.94. The summed E-state index contributed by atoms with van der Waals surface area (Å²) in [7, 11) is 2.04. The van der Waals surface area contributed by atoms with Gasteiger partial charge < -0.3 is 15.1 Å². The van der Waals surface area contributed by atoms with Crippen LogP contribution in [0.5, 0.6) is 0 Å². The zero-order chi connectivity index (χ0) is 22.8. The predicted octanol–water partition coefficient (Wildman–Crippen LogP) is 5.01. The van der Waals surface area contributed by atoms with Crippen molar-refractivity contribution >= 4 is 50.6 Å². The maximum atomic E-state index is 13.5. The van der Waals surface area contributed by atoms with E-state index in [4.69, 9.17) is 11.6 Å². The summed E-state index contributed by atoms with van der Waals surface area (Å²) in [6.45, 7) is 6.18. The molecule has 0 spiro atoms. The van der Waals surface area contributed by atoms with Crippen molar-refractivity contribution < 1.29 is 9.18 Å². The first-order valence-corrected chi connectivity index (χ1v) is 11.7. The largest absolute Gasteiger partial charge is 0.340 e. The van der Waals surface area contributed by atoms with Gasteiger partial charge in [0, 0.05) is 35.8 Å². The Morgan fingerprint density at radius 1 is 1.41 bits per heavy atom. The average molecular weight is 474 g/mol. The summed E-state index contributed by atoms with van der Waals surface area (Å²) >= 11 is 7.50. The van der Waals surface area contributed by atoms with E-state index in [0.717, 1.165) is 33.6 Å². The molecule has 1 amide bonds. The van der Waals surface area contributed by atoms with Crippen molar-refractivity contribution in [1.29, 1.82) is 0 Å². The molecule has 2 aromatic heterocycles. The number of halogens is 2. The Bertz CT molecular complexity index is 1180. The zero-order valence-electron chi connectivity index (χ0n) is 18.2. The highest BCUT2D eigenvalue weighted by molar-refractivity contribution is 7.19. The SMILES string of the molecule is CC(C)N(C)CC=CC(=O)N1CCc2c(sc3ncnc(Nc4ccc(F)c(Cl)c4)c23)C1. The second kappa shape index (κ2) is 9.52. The third-order valence-electron chi connectivity index (χ3n) is 5.67. The van der Waals surface area contributed by atoms with Gasteiger partial charge in [-0.3, -0.25) is 4.79 Å². The highest BCUT2D eigenvalue weighted by atomic mass is 35.5. The molecule has 1 N–H and O–H groups in total. The topological polar surface area (TPSA) is 61.4 Å². The Morgan fingerprint density at radius 3 is 2.97 bits per heavy atom. The lowest BCUT2D eigenvalue weighted by Gasteiger charge is -2.26. The molecule has 3 heterocycles. The molecule has 0 atom stereocenters. The van der Waals surface area contributed by atoms with E-state index >= 15 is 0 Å². The maximum absolute atomic E-state index is 13.5. The number of fused-ring (bicyclic) bond motifs is 3. The first-order valence-electron chi connectivity index (χ1n) is 10.5. The van der Waals surface area contributed by atoms with Crippen LogP contribution in [0.2, 0.25) is 5.02 Å². The first-order chi connectivity index (χ1) is 15.3. The number of hydrogen-bond acceptors (Lipinski definition) is 6. The van der Waals surface area contributed by atoms with Gasteiger partial charge in [-0.1, -0.05) is 17.7 Å². The number of nitrogens with one attached hydrogen (secondary N) is 1. The normalized spacial score (nSPS) is 14.0. The van der Waals surface area contributed by atoms with Gasteiger partial charge in [-0.05, 0) is 51.1 Å². The van der Waals surface area contributed by atoms with Crippen molar-refractivity contribution in [2.75, 3.05) is 25.5 Å². The van der Waals surface area contributed by atoms with Crippen molar-refractivity contribution in [3.63, 3.8) is 0 Å². The number of anilines is 2.